The van der Waals surface area contributed by atoms with Gasteiger partial charge in [0.05, 0.1) is 17.8 Å². The number of hydrogen-bond acceptors (Lipinski definition) is 3. The van der Waals surface area contributed by atoms with Crippen molar-refractivity contribution in [1.29, 1.82) is 0 Å². The summed E-state index contributed by atoms with van der Waals surface area (Å²) < 4.78 is 2.23. The Morgan fingerprint density at radius 3 is 2.59 bits per heavy atom. The maximum Gasteiger partial charge on any atom is 0.170 e. The smallest absolute Gasteiger partial charge is 0.170 e. The summed E-state index contributed by atoms with van der Waals surface area (Å²) in [7, 11) is 0. The molecule has 1 saturated heterocycles. The van der Waals surface area contributed by atoms with Crippen LogP contribution in [0.4, 0.5) is 0 Å². The van der Waals surface area contributed by atoms with Gasteiger partial charge in [-0.2, -0.15) is 0 Å². The van der Waals surface area contributed by atoms with Crippen LogP contribution in [0.3, 0.4) is 0 Å². The van der Waals surface area contributed by atoms with Crippen molar-refractivity contribution in [2.45, 2.75) is 38.5 Å². The summed E-state index contributed by atoms with van der Waals surface area (Å²) in [5, 5.41) is 4.25. The predicted octanol–water partition coefficient (Wildman–Crippen LogP) is 4.03. The van der Waals surface area contributed by atoms with Gasteiger partial charge in [0.15, 0.2) is 5.11 Å². The molecule has 0 amide bonds. The second kappa shape index (κ2) is 7.48. The Morgan fingerprint density at radius 1 is 1.11 bits per heavy atom. The van der Waals surface area contributed by atoms with Crippen LogP contribution in [0, 0.1) is 0 Å². The zero-order chi connectivity index (χ0) is 18.8. The fourth-order valence-corrected chi connectivity index (χ4v) is 3.86. The Kier molecular flexibility index (Phi) is 4.90. The highest BCUT2D eigenvalue weighted by molar-refractivity contribution is 7.80. The maximum atomic E-state index is 5.72. The van der Waals surface area contributed by atoms with E-state index in [0.717, 1.165) is 17.4 Å². The minimum atomic E-state index is 0.0172. The van der Waals surface area contributed by atoms with Gasteiger partial charge in [0.2, 0.25) is 0 Å². The number of thiocarbonyl (C=S) groups is 1. The highest BCUT2D eigenvalue weighted by Crippen LogP contribution is 2.39. The molecule has 0 unspecified atom stereocenters. The van der Waals surface area contributed by atoms with Gasteiger partial charge in [0, 0.05) is 43.6 Å². The molecule has 3 aromatic rings. The average molecular weight is 378 g/mol. The lowest BCUT2D eigenvalue weighted by Crippen LogP contribution is -2.29. The van der Waals surface area contributed by atoms with Gasteiger partial charge in [-0.15, -0.1) is 0 Å². The highest BCUT2D eigenvalue weighted by atomic mass is 32.1. The van der Waals surface area contributed by atoms with E-state index >= 15 is 0 Å². The Labute approximate surface area is 165 Å². The van der Waals surface area contributed by atoms with Crippen LogP contribution in [0.25, 0.3) is 0 Å². The first-order chi connectivity index (χ1) is 13.1. The summed E-state index contributed by atoms with van der Waals surface area (Å²) in [4.78, 5) is 11.0. The average Bonchev–Trinajstić information content (AvgIpc) is 3.29. The van der Waals surface area contributed by atoms with Crippen molar-refractivity contribution < 1.29 is 0 Å². The van der Waals surface area contributed by atoms with Crippen molar-refractivity contribution in [3.05, 3.63) is 84.2 Å². The zero-order valence-electron chi connectivity index (χ0n) is 15.5. The van der Waals surface area contributed by atoms with Crippen molar-refractivity contribution in [3.8, 4) is 0 Å². The molecule has 4 heterocycles. The van der Waals surface area contributed by atoms with Gasteiger partial charge in [0.1, 0.15) is 0 Å². The first-order valence-electron chi connectivity index (χ1n) is 9.18. The molecule has 0 radical (unpaired) electrons. The van der Waals surface area contributed by atoms with E-state index < -0.39 is 0 Å². The van der Waals surface area contributed by atoms with Crippen molar-refractivity contribution >= 4 is 17.3 Å². The highest BCUT2D eigenvalue weighted by Gasteiger charge is 2.40. The number of hydrogen-bond donors (Lipinski definition) is 1. The van der Waals surface area contributed by atoms with E-state index in [1.165, 1.54) is 11.1 Å². The van der Waals surface area contributed by atoms with E-state index in [2.05, 4.69) is 63.1 Å². The van der Waals surface area contributed by atoms with Crippen LogP contribution < -0.4 is 5.32 Å². The maximum absolute atomic E-state index is 5.72. The quantitative estimate of drug-likeness (QED) is 0.680. The van der Waals surface area contributed by atoms with Crippen LogP contribution in [0.2, 0.25) is 0 Å². The molecule has 1 aliphatic rings. The monoisotopic (exact) mass is 377 g/mol. The van der Waals surface area contributed by atoms with Crippen LogP contribution in [0.1, 0.15) is 48.8 Å². The molecule has 2 atom stereocenters. The number of nitrogens with one attached hydrogen (secondary N) is 1. The SMILES string of the molecule is CC(C)n1ccc([C@@H]2[C@H](c3ccccn3)NC(=S)N2Cc2ccncc2)c1. The minimum Gasteiger partial charge on any atom is -0.352 e. The lowest BCUT2D eigenvalue weighted by Gasteiger charge is -2.27. The molecule has 3 aromatic heterocycles. The first-order valence-corrected chi connectivity index (χ1v) is 9.58. The summed E-state index contributed by atoms with van der Waals surface area (Å²) in [5.74, 6) is 0. The first kappa shape index (κ1) is 17.7. The standard InChI is InChI=1S/C21H23N5S/c1-15(2)25-12-8-17(14-25)20-19(18-5-3-4-9-23-18)24-21(27)26(20)13-16-6-10-22-11-7-16/h3-12,14-15,19-20H,13H2,1-2H3,(H,24,27)/t19-,20+/m0/s1. The van der Waals surface area contributed by atoms with Gasteiger partial charge >= 0.3 is 0 Å². The fourth-order valence-electron chi connectivity index (χ4n) is 3.55. The lowest BCUT2D eigenvalue weighted by molar-refractivity contribution is 0.310. The van der Waals surface area contributed by atoms with Crippen LogP contribution in [-0.2, 0) is 6.54 Å². The molecule has 4 rings (SSSR count). The molecule has 0 aromatic carbocycles. The summed E-state index contributed by atoms with van der Waals surface area (Å²) in [6.45, 7) is 5.10. The van der Waals surface area contributed by atoms with Crippen molar-refractivity contribution in [1.82, 2.24) is 24.8 Å². The Balaban J connectivity index is 1.73. The molecular weight excluding hydrogens is 354 g/mol. The molecule has 27 heavy (non-hydrogen) atoms. The number of pyridine rings is 2. The van der Waals surface area contributed by atoms with Gasteiger partial charge in [-0.1, -0.05) is 6.07 Å². The van der Waals surface area contributed by atoms with Gasteiger partial charge in [0.25, 0.3) is 0 Å². The van der Waals surface area contributed by atoms with Gasteiger partial charge in [-0.3, -0.25) is 9.97 Å². The molecule has 0 spiro atoms. The van der Waals surface area contributed by atoms with Crippen LogP contribution in [0.5, 0.6) is 0 Å². The summed E-state index contributed by atoms with van der Waals surface area (Å²) in [6, 6.07) is 12.8. The van der Waals surface area contributed by atoms with Gasteiger partial charge in [-0.05, 0) is 67.5 Å². The van der Waals surface area contributed by atoms with E-state index in [9.17, 15) is 0 Å². The molecule has 1 N–H and O–H groups in total. The molecule has 0 bridgehead atoms. The molecule has 1 aliphatic heterocycles. The van der Waals surface area contributed by atoms with Crippen molar-refractivity contribution in [3.63, 3.8) is 0 Å². The van der Waals surface area contributed by atoms with E-state index in [0.29, 0.717) is 6.04 Å². The van der Waals surface area contributed by atoms with E-state index in [4.69, 9.17) is 12.2 Å². The normalized spacial score (nSPS) is 19.5. The Morgan fingerprint density at radius 2 is 1.93 bits per heavy atom. The third-order valence-corrected chi connectivity index (χ3v) is 5.33. The second-order valence-electron chi connectivity index (χ2n) is 7.10. The van der Waals surface area contributed by atoms with Crippen molar-refractivity contribution in [2.24, 2.45) is 0 Å². The molecule has 5 nitrogen and oxygen atoms in total. The molecule has 6 heteroatoms. The third kappa shape index (κ3) is 3.57. The second-order valence-corrected chi connectivity index (χ2v) is 7.48. The Hall–Kier alpha value is -2.73. The topological polar surface area (TPSA) is 46.0 Å². The molecule has 138 valence electrons. The third-order valence-electron chi connectivity index (χ3n) is 4.98. The summed E-state index contributed by atoms with van der Waals surface area (Å²) >= 11 is 5.72. The summed E-state index contributed by atoms with van der Waals surface area (Å²) in [6.07, 6.45) is 9.84. The predicted molar refractivity (Wildman–Crippen MR) is 110 cm³/mol. The van der Waals surface area contributed by atoms with Crippen molar-refractivity contribution in [2.75, 3.05) is 0 Å². The van der Waals surface area contributed by atoms with E-state index in [-0.39, 0.29) is 12.1 Å². The van der Waals surface area contributed by atoms with Gasteiger partial charge < -0.3 is 14.8 Å². The zero-order valence-corrected chi connectivity index (χ0v) is 16.3. The Bertz CT molecular complexity index is 907. The number of nitrogens with zero attached hydrogens (tertiary/aromatic N) is 4. The minimum absolute atomic E-state index is 0.0172. The van der Waals surface area contributed by atoms with Crippen LogP contribution >= 0.6 is 12.2 Å². The summed E-state index contributed by atoms with van der Waals surface area (Å²) in [5.41, 5.74) is 3.42. The molecule has 0 aliphatic carbocycles. The van der Waals surface area contributed by atoms with E-state index in [1.807, 2.05) is 42.9 Å². The largest absolute Gasteiger partial charge is 0.352 e. The molecule has 1 fully saturated rings. The number of aromatic nitrogens is 3. The number of rotatable bonds is 5. The molecule has 0 saturated carbocycles. The molecular formula is C21H23N5S. The lowest BCUT2D eigenvalue weighted by atomic mass is 9.99. The van der Waals surface area contributed by atoms with Crippen LogP contribution in [-0.4, -0.2) is 24.5 Å². The fraction of sp³-hybridized carbons (Fsp3) is 0.286. The van der Waals surface area contributed by atoms with Gasteiger partial charge in [-0.25, -0.2) is 0 Å². The van der Waals surface area contributed by atoms with E-state index in [1.54, 1.807) is 0 Å². The van der Waals surface area contributed by atoms with Crippen LogP contribution in [0.15, 0.2) is 67.4 Å².